The number of esters is 1. The number of nitro benzene ring substituents is 1. The number of rotatable bonds is 7. The summed E-state index contributed by atoms with van der Waals surface area (Å²) in [6.07, 6.45) is -3.67. The molecule has 1 fully saturated rings. The van der Waals surface area contributed by atoms with Gasteiger partial charge in [0, 0.05) is 31.3 Å². The van der Waals surface area contributed by atoms with Crippen LogP contribution in [0, 0.1) is 10.1 Å². The Kier molecular flexibility index (Phi) is 8.07. The molecule has 0 aliphatic carbocycles. The van der Waals surface area contributed by atoms with Gasteiger partial charge in [0.2, 0.25) is 0 Å². The van der Waals surface area contributed by atoms with Crippen LogP contribution in [0.1, 0.15) is 18.1 Å². The molecule has 1 aliphatic heterocycles. The number of amides is 1. The average molecular weight is 493 g/mol. The Morgan fingerprint density at radius 1 is 1.20 bits per heavy atom. The van der Waals surface area contributed by atoms with Crippen LogP contribution in [0.5, 0.6) is 0 Å². The molecule has 0 aromatic heterocycles. The van der Waals surface area contributed by atoms with Crippen molar-refractivity contribution in [3.63, 3.8) is 0 Å². The highest BCUT2D eigenvalue weighted by Gasteiger charge is 2.32. The van der Waals surface area contributed by atoms with E-state index in [1.54, 1.807) is 4.90 Å². The molecule has 3 rings (SSSR count). The number of halogens is 3. The van der Waals surface area contributed by atoms with E-state index in [2.05, 4.69) is 5.32 Å². The first-order chi connectivity index (χ1) is 16.5. The number of hydrogen-bond donors (Lipinski definition) is 1. The fraction of sp³-hybridized carbons (Fsp3) is 0.304. The lowest BCUT2D eigenvalue weighted by molar-refractivity contribution is -0.384. The molecule has 1 aliphatic rings. The van der Waals surface area contributed by atoms with Gasteiger partial charge in [0.1, 0.15) is 0 Å². The Labute approximate surface area is 198 Å². The molecule has 186 valence electrons. The molecule has 1 heterocycles. The Hall–Kier alpha value is -3.93. The monoisotopic (exact) mass is 493 g/mol. The van der Waals surface area contributed by atoms with Crippen LogP contribution in [-0.4, -0.2) is 49.2 Å². The Bertz CT molecular complexity index is 1130. The van der Waals surface area contributed by atoms with Gasteiger partial charge in [-0.15, -0.1) is 0 Å². The first-order valence-electron chi connectivity index (χ1n) is 10.5. The van der Waals surface area contributed by atoms with Crippen LogP contribution < -0.4 is 10.2 Å². The van der Waals surface area contributed by atoms with Crippen molar-refractivity contribution in [3.05, 3.63) is 69.8 Å². The first-order valence-corrected chi connectivity index (χ1v) is 10.5. The van der Waals surface area contributed by atoms with E-state index in [1.807, 2.05) is 0 Å². The summed E-state index contributed by atoms with van der Waals surface area (Å²) in [5.74, 6) is -1.73. The maximum Gasteiger partial charge on any atom is 0.416 e. The highest BCUT2D eigenvalue weighted by atomic mass is 19.4. The zero-order valence-corrected chi connectivity index (χ0v) is 18.6. The van der Waals surface area contributed by atoms with Crippen molar-refractivity contribution in [1.82, 2.24) is 0 Å². The van der Waals surface area contributed by atoms with Gasteiger partial charge in [-0.05, 0) is 36.8 Å². The zero-order chi connectivity index (χ0) is 25.6. The summed E-state index contributed by atoms with van der Waals surface area (Å²) in [6, 6.07) is 8.57. The number of nitrogens with one attached hydrogen (secondary N) is 1. The number of benzene rings is 2. The van der Waals surface area contributed by atoms with Gasteiger partial charge in [0.05, 0.1) is 35.1 Å². The Balaban J connectivity index is 1.70. The molecule has 0 radical (unpaired) electrons. The highest BCUT2D eigenvalue weighted by Crippen LogP contribution is 2.36. The van der Waals surface area contributed by atoms with Crippen LogP contribution in [0.25, 0.3) is 6.08 Å². The minimum absolute atomic E-state index is 0.0678. The number of ether oxygens (including phenoxy) is 2. The van der Waals surface area contributed by atoms with E-state index in [9.17, 15) is 32.9 Å². The molecule has 2 aromatic rings. The van der Waals surface area contributed by atoms with Crippen LogP contribution in [0.4, 0.5) is 30.2 Å². The number of carbonyl (C=O) groups is 2. The van der Waals surface area contributed by atoms with Crippen molar-refractivity contribution in [2.45, 2.75) is 19.2 Å². The molecule has 1 saturated heterocycles. The summed E-state index contributed by atoms with van der Waals surface area (Å²) >= 11 is 0. The summed E-state index contributed by atoms with van der Waals surface area (Å²) in [5, 5.41) is 13.3. The number of hydrogen-bond acceptors (Lipinski definition) is 7. The minimum Gasteiger partial charge on any atom is -0.449 e. The van der Waals surface area contributed by atoms with Crippen molar-refractivity contribution in [2.75, 3.05) is 36.5 Å². The molecule has 1 atom stereocenters. The zero-order valence-electron chi connectivity index (χ0n) is 18.6. The molecule has 9 nitrogen and oxygen atoms in total. The van der Waals surface area contributed by atoms with Gasteiger partial charge in [-0.25, -0.2) is 4.79 Å². The maximum absolute atomic E-state index is 13.2. The lowest BCUT2D eigenvalue weighted by Crippen LogP contribution is -2.37. The van der Waals surface area contributed by atoms with Crippen LogP contribution in [0.15, 0.2) is 48.5 Å². The third-order valence-electron chi connectivity index (χ3n) is 5.09. The average Bonchev–Trinajstić information content (AvgIpc) is 2.82. The largest absolute Gasteiger partial charge is 0.449 e. The van der Waals surface area contributed by atoms with E-state index in [-0.39, 0.29) is 11.4 Å². The number of nitrogens with zero attached hydrogens (tertiary/aromatic N) is 2. The summed E-state index contributed by atoms with van der Waals surface area (Å²) in [4.78, 5) is 36.8. The SMILES string of the molecule is CC(OC(=O)/C=C/c1cccc([N+](=O)[O-])c1)C(=O)Nc1cc(C(F)(F)F)ccc1N1CCOCC1. The minimum atomic E-state index is -4.61. The topological polar surface area (TPSA) is 111 Å². The Morgan fingerprint density at radius 3 is 2.57 bits per heavy atom. The predicted molar refractivity (Wildman–Crippen MR) is 121 cm³/mol. The Morgan fingerprint density at radius 2 is 1.91 bits per heavy atom. The molecular weight excluding hydrogens is 471 g/mol. The molecular formula is C23H22F3N3O6. The molecule has 12 heteroatoms. The maximum atomic E-state index is 13.2. The molecule has 2 aromatic carbocycles. The molecule has 1 amide bonds. The fourth-order valence-electron chi connectivity index (χ4n) is 3.30. The van der Waals surface area contributed by atoms with Crippen LogP contribution in [0.3, 0.4) is 0 Å². The van der Waals surface area contributed by atoms with E-state index in [0.717, 1.165) is 18.2 Å². The van der Waals surface area contributed by atoms with Crippen molar-refractivity contribution in [1.29, 1.82) is 0 Å². The number of alkyl halides is 3. The number of nitro groups is 1. The van der Waals surface area contributed by atoms with Crippen LogP contribution in [0.2, 0.25) is 0 Å². The number of non-ortho nitro benzene ring substituents is 1. The first kappa shape index (κ1) is 25.7. The van der Waals surface area contributed by atoms with Crippen molar-refractivity contribution in [3.8, 4) is 0 Å². The van der Waals surface area contributed by atoms with Gasteiger partial charge in [-0.1, -0.05) is 12.1 Å². The lowest BCUT2D eigenvalue weighted by atomic mass is 10.1. The second-order valence-corrected chi connectivity index (χ2v) is 7.58. The number of carbonyl (C=O) groups excluding carboxylic acids is 2. The third kappa shape index (κ3) is 7.03. The molecule has 1 N–H and O–H groups in total. The lowest BCUT2D eigenvalue weighted by Gasteiger charge is -2.31. The van der Waals surface area contributed by atoms with E-state index in [0.29, 0.717) is 37.6 Å². The smallest absolute Gasteiger partial charge is 0.416 e. The molecule has 35 heavy (non-hydrogen) atoms. The number of morpholine rings is 1. The van der Waals surface area contributed by atoms with Gasteiger partial charge in [-0.2, -0.15) is 13.2 Å². The summed E-state index contributed by atoms with van der Waals surface area (Å²) in [5.41, 5.74) is -0.410. The second kappa shape index (κ2) is 11.0. The molecule has 0 spiro atoms. The standard InChI is InChI=1S/C23H22F3N3O6/c1-15(35-21(30)8-5-16-3-2-4-18(13-16)29(32)33)22(31)27-19-14-17(23(24,25)26)6-7-20(19)28-9-11-34-12-10-28/h2-8,13-15H,9-12H2,1H3,(H,27,31)/b8-5+. The van der Waals surface area contributed by atoms with E-state index in [1.165, 1.54) is 43.3 Å². The van der Waals surface area contributed by atoms with Gasteiger partial charge in [0.15, 0.2) is 6.10 Å². The van der Waals surface area contributed by atoms with Crippen LogP contribution >= 0.6 is 0 Å². The highest BCUT2D eigenvalue weighted by molar-refractivity contribution is 5.99. The summed E-state index contributed by atoms with van der Waals surface area (Å²) in [7, 11) is 0. The fourth-order valence-corrected chi connectivity index (χ4v) is 3.30. The van der Waals surface area contributed by atoms with Gasteiger partial charge >= 0.3 is 12.1 Å². The van der Waals surface area contributed by atoms with Crippen molar-refractivity contribution < 1.29 is 37.2 Å². The van der Waals surface area contributed by atoms with Gasteiger partial charge in [-0.3, -0.25) is 14.9 Å². The normalized spacial score (nSPS) is 15.0. The third-order valence-corrected chi connectivity index (χ3v) is 5.09. The quantitative estimate of drug-likeness (QED) is 0.268. The van der Waals surface area contributed by atoms with Gasteiger partial charge < -0.3 is 19.7 Å². The summed E-state index contributed by atoms with van der Waals surface area (Å²) in [6.45, 7) is 2.91. The predicted octanol–water partition coefficient (Wildman–Crippen LogP) is 4.03. The number of anilines is 2. The molecule has 0 bridgehead atoms. The second-order valence-electron chi connectivity index (χ2n) is 7.58. The van der Waals surface area contributed by atoms with E-state index < -0.39 is 34.6 Å². The van der Waals surface area contributed by atoms with Gasteiger partial charge in [0.25, 0.3) is 11.6 Å². The van der Waals surface area contributed by atoms with Crippen molar-refractivity contribution in [2.24, 2.45) is 0 Å². The van der Waals surface area contributed by atoms with Crippen molar-refractivity contribution >= 4 is 35.0 Å². The van der Waals surface area contributed by atoms with E-state index >= 15 is 0 Å². The molecule has 1 unspecified atom stereocenters. The summed E-state index contributed by atoms with van der Waals surface area (Å²) < 4.78 is 50.0. The van der Waals surface area contributed by atoms with E-state index in [4.69, 9.17) is 9.47 Å². The molecule has 0 saturated carbocycles. The van der Waals surface area contributed by atoms with Crippen LogP contribution in [-0.2, 0) is 25.2 Å².